The smallest absolute Gasteiger partial charge is 3.00 e. The minimum absolute atomic E-state index is 0. The molecule has 3 aromatic heterocycles. The number of nitrogens with zero attached hydrogens (tertiary/aromatic N) is 2. The summed E-state index contributed by atoms with van der Waals surface area (Å²) in [6.45, 7) is 27.3. The molecule has 57 heavy (non-hydrogen) atoms. The van der Waals surface area contributed by atoms with Gasteiger partial charge in [-0.2, -0.15) is 0 Å². The van der Waals surface area contributed by atoms with Crippen LogP contribution >= 0.6 is 0 Å². The maximum absolute atomic E-state index is 5.64. The molecule has 0 saturated heterocycles. The zero-order valence-electron chi connectivity index (χ0n) is 35.4. The average Bonchev–Trinajstić information content (AvgIpc) is 3.77. The molecular formula is C53H53AuN2Se. The van der Waals surface area contributed by atoms with E-state index in [9.17, 15) is 0 Å². The third-order valence-electron chi connectivity index (χ3n) is 11.2. The number of benzene rings is 5. The molecule has 0 amide bonds. The number of fused-ring (bicyclic) bond motifs is 4. The molecule has 0 atom stereocenters. The summed E-state index contributed by atoms with van der Waals surface area (Å²) in [6, 6.07) is 43.8. The number of aromatic nitrogens is 2. The van der Waals surface area contributed by atoms with Gasteiger partial charge >= 0.3 is 364 Å². The molecule has 0 bridgehead atoms. The Morgan fingerprint density at radius 1 is 0.544 bits per heavy atom. The monoisotopic (exact) mass is 994 g/mol. The van der Waals surface area contributed by atoms with Crippen LogP contribution in [-0.4, -0.2) is 19.5 Å². The fourth-order valence-corrected chi connectivity index (χ4v) is 9.40. The van der Waals surface area contributed by atoms with E-state index in [-0.39, 0.29) is 58.5 Å². The molecular weight excluding hydrogens is 941 g/mol. The molecule has 2 nitrogen and oxygen atoms in total. The van der Waals surface area contributed by atoms with Gasteiger partial charge in [0.2, 0.25) is 0 Å². The number of pyridine rings is 1. The van der Waals surface area contributed by atoms with Crippen LogP contribution in [0, 0.1) is 12.1 Å². The van der Waals surface area contributed by atoms with Gasteiger partial charge in [0.05, 0.1) is 0 Å². The maximum Gasteiger partial charge on any atom is 3.00 e. The second-order valence-electron chi connectivity index (χ2n) is 19.7. The van der Waals surface area contributed by atoms with Crippen molar-refractivity contribution in [3.8, 4) is 44.8 Å². The molecule has 4 heteroatoms. The third-order valence-corrected chi connectivity index (χ3v) is 13.2. The van der Waals surface area contributed by atoms with Crippen molar-refractivity contribution in [2.75, 3.05) is 0 Å². The zero-order valence-corrected chi connectivity index (χ0v) is 39.3. The van der Waals surface area contributed by atoms with E-state index < -0.39 is 0 Å². The molecule has 0 unspecified atom stereocenters. The number of hydrogen-bond acceptors (Lipinski definition) is 1. The zero-order chi connectivity index (χ0) is 39.9. The Hall–Kier alpha value is -3.95. The second kappa shape index (κ2) is 14.7. The van der Waals surface area contributed by atoms with Gasteiger partial charge in [-0.3, -0.25) is 0 Å². The Bertz CT molecular complexity index is 2680. The molecule has 0 N–H and O–H groups in total. The fourth-order valence-electron chi connectivity index (χ4n) is 7.55. The van der Waals surface area contributed by atoms with Crippen molar-refractivity contribution < 1.29 is 22.4 Å². The van der Waals surface area contributed by atoms with Crippen molar-refractivity contribution in [3.05, 3.63) is 136 Å². The molecule has 0 saturated carbocycles. The van der Waals surface area contributed by atoms with Crippen LogP contribution in [0.2, 0.25) is 0 Å². The van der Waals surface area contributed by atoms with Gasteiger partial charge in [-0.15, -0.1) is 0 Å². The van der Waals surface area contributed by atoms with E-state index in [1.54, 1.807) is 0 Å². The molecule has 5 aromatic carbocycles. The minimum Gasteiger partial charge on any atom is 3.00 e. The summed E-state index contributed by atoms with van der Waals surface area (Å²) in [6.07, 6.45) is 0. The summed E-state index contributed by atoms with van der Waals surface area (Å²) in [5.74, 6) is 0. The van der Waals surface area contributed by atoms with Gasteiger partial charge in [0, 0.05) is 0 Å². The van der Waals surface area contributed by atoms with E-state index in [0.29, 0.717) is 0 Å². The van der Waals surface area contributed by atoms with Crippen LogP contribution < -0.4 is 4.98 Å². The topological polar surface area (TPSA) is 27.0 Å². The first kappa shape index (κ1) is 41.2. The van der Waals surface area contributed by atoms with Crippen LogP contribution in [-0.2, 0) is 44.0 Å². The van der Waals surface area contributed by atoms with Crippen LogP contribution in [0.1, 0.15) is 105 Å². The van der Waals surface area contributed by atoms with Gasteiger partial charge in [-0.05, 0) is 0 Å². The van der Waals surface area contributed by atoms with Crippen molar-refractivity contribution in [2.45, 2.75) is 105 Å². The molecule has 8 aromatic rings. The average molecular weight is 994 g/mol. The molecule has 3 heterocycles. The molecule has 8 rings (SSSR count). The molecule has 0 radical (unpaired) electrons. The van der Waals surface area contributed by atoms with Crippen molar-refractivity contribution >= 4 is 46.0 Å². The van der Waals surface area contributed by atoms with Gasteiger partial charge in [0.25, 0.3) is 0 Å². The Morgan fingerprint density at radius 3 is 1.79 bits per heavy atom. The van der Waals surface area contributed by atoms with Gasteiger partial charge in [0.15, 0.2) is 0 Å². The molecule has 0 fully saturated rings. The van der Waals surface area contributed by atoms with Crippen LogP contribution in [0.15, 0.2) is 102 Å². The second-order valence-corrected chi connectivity index (χ2v) is 21.6. The van der Waals surface area contributed by atoms with E-state index >= 15 is 0 Å². The number of hydrogen-bond donors (Lipinski definition) is 0. The van der Waals surface area contributed by atoms with E-state index in [1.165, 1.54) is 48.2 Å². The molecule has 0 spiro atoms. The summed E-state index contributed by atoms with van der Waals surface area (Å²) in [7, 11) is 0. The Balaban J connectivity index is 0.00000496. The summed E-state index contributed by atoms with van der Waals surface area (Å²) in [5.41, 5.74) is 15.8. The SMILES string of the molecule is CC(C)(C)c1c[c-]c(-c2[c-]c(-c3nc(-c4cc(C(C)(C)C)cc5c4[n-]c4ccc(C(C)(C)C)cc45)cc4cc[se]c34)cc(-c3ccc(C(C)(C)C)cc3)c2)cc1.[Au+3]. The summed E-state index contributed by atoms with van der Waals surface area (Å²) in [5, 5.41) is 3.64. The number of rotatable bonds is 4. The summed E-state index contributed by atoms with van der Waals surface area (Å²) < 4.78 is 1.30. The third kappa shape index (κ3) is 8.08. The van der Waals surface area contributed by atoms with Gasteiger partial charge in [-0.25, -0.2) is 0 Å². The van der Waals surface area contributed by atoms with Crippen LogP contribution in [0.4, 0.5) is 0 Å². The normalized spacial score (nSPS) is 12.8. The summed E-state index contributed by atoms with van der Waals surface area (Å²) in [4.78, 5) is 13.3. The van der Waals surface area contributed by atoms with Crippen molar-refractivity contribution in [2.24, 2.45) is 0 Å². The van der Waals surface area contributed by atoms with E-state index in [4.69, 9.17) is 9.97 Å². The largest absolute Gasteiger partial charge is 3.00 e. The Kier molecular flexibility index (Phi) is 10.6. The fraction of sp³-hybridized carbons (Fsp3) is 0.302. The Morgan fingerprint density at radius 2 is 1.16 bits per heavy atom. The van der Waals surface area contributed by atoms with E-state index in [2.05, 4.69) is 197 Å². The minimum atomic E-state index is -0.0602. The molecule has 0 aliphatic rings. The molecule has 292 valence electrons. The first-order chi connectivity index (χ1) is 26.2. The quantitative estimate of drug-likeness (QED) is 0.130. The standard InChI is InChI=1S/C53H53N2Se.Au/c1-50(2,3)38-17-13-32(14-18-38)35-25-36(33-15-19-39(20-16-33)51(4,5)6)27-37(26-35)47-49-34(23-24-56-49)28-46(55-47)44-31-41(53(10,11)12)30-43-42-29-40(52(7,8)9)21-22-45(42)54-48(43)44;/h13-15,17-26,28-31H,1-12H3;/q-3;+3. The van der Waals surface area contributed by atoms with Gasteiger partial charge < -0.3 is 0 Å². The van der Waals surface area contributed by atoms with Crippen molar-refractivity contribution in [1.29, 1.82) is 0 Å². The maximum atomic E-state index is 5.64. The van der Waals surface area contributed by atoms with Crippen LogP contribution in [0.3, 0.4) is 0 Å². The van der Waals surface area contributed by atoms with E-state index in [0.717, 1.165) is 50.2 Å². The van der Waals surface area contributed by atoms with E-state index in [1.807, 2.05) is 0 Å². The predicted octanol–water partition coefficient (Wildman–Crippen LogP) is 14.0. The van der Waals surface area contributed by atoms with Gasteiger partial charge in [0.1, 0.15) is 0 Å². The van der Waals surface area contributed by atoms with Crippen LogP contribution in [0.5, 0.6) is 0 Å². The van der Waals surface area contributed by atoms with Crippen molar-refractivity contribution in [3.63, 3.8) is 0 Å². The Labute approximate surface area is 361 Å². The first-order valence-electron chi connectivity index (χ1n) is 19.9. The summed E-state index contributed by atoms with van der Waals surface area (Å²) >= 11 is 0.161. The first-order valence-corrected chi connectivity index (χ1v) is 21.7. The molecule has 0 aliphatic carbocycles. The van der Waals surface area contributed by atoms with Crippen LogP contribution in [0.25, 0.3) is 76.2 Å². The molecule has 0 aliphatic heterocycles. The predicted molar refractivity (Wildman–Crippen MR) is 241 cm³/mol. The van der Waals surface area contributed by atoms with Gasteiger partial charge in [-0.1, -0.05) is 0 Å². The van der Waals surface area contributed by atoms with Crippen molar-refractivity contribution in [1.82, 2.24) is 9.97 Å².